The van der Waals surface area contributed by atoms with Crippen molar-refractivity contribution >= 4 is 33.0 Å². The fraction of sp³-hybridized carbons (Fsp3) is 0.190. The van der Waals surface area contributed by atoms with Gasteiger partial charge in [-0.2, -0.15) is 0 Å². The molecule has 0 spiro atoms. The van der Waals surface area contributed by atoms with Crippen molar-refractivity contribution in [1.82, 2.24) is 0 Å². The Bertz CT molecular complexity index is 985. The molecular weight excluding hydrogens is 335 g/mol. The molecule has 1 atom stereocenters. The molecule has 1 N–H and O–H groups in total. The van der Waals surface area contributed by atoms with E-state index in [4.69, 9.17) is 0 Å². The first-order valence-corrected chi connectivity index (χ1v) is 9.02. The second kappa shape index (κ2) is 5.81. The van der Waals surface area contributed by atoms with Crippen LogP contribution >= 0.6 is 11.3 Å². The van der Waals surface area contributed by atoms with Gasteiger partial charge >= 0.3 is 5.97 Å². The zero-order valence-corrected chi connectivity index (χ0v) is 14.6. The Hall–Kier alpha value is -2.46. The summed E-state index contributed by atoms with van der Waals surface area (Å²) in [5.41, 5.74) is 0.847. The summed E-state index contributed by atoms with van der Waals surface area (Å²) < 4.78 is 15.2. The SMILES string of the molecule is Cc1c(F)cccc1[C@@]1(C(=O)O)C=C(c2cc3ccccc3s2)CC1. The molecule has 2 aromatic carbocycles. The number of carboxylic acid groups (broad SMARTS) is 1. The molecule has 0 amide bonds. The number of rotatable bonds is 3. The predicted molar refractivity (Wildman–Crippen MR) is 99.5 cm³/mol. The number of allylic oxidation sites excluding steroid dienone is 1. The minimum atomic E-state index is -1.16. The zero-order valence-electron chi connectivity index (χ0n) is 13.8. The maximum atomic E-state index is 14.0. The van der Waals surface area contributed by atoms with Crippen molar-refractivity contribution in [1.29, 1.82) is 0 Å². The van der Waals surface area contributed by atoms with E-state index in [1.54, 1.807) is 30.4 Å². The lowest BCUT2D eigenvalue weighted by Crippen LogP contribution is -2.32. The Kier molecular flexibility index (Phi) is 3.73. The van der Waals surface area contributed by atoms with Gasteiger partial charge in [0.15, 0.2) is 0 Å². The highest BCUT2D eigenvalue weighted by Crippen LogP contribution is 2.46. The summed E-state index contributed by atoms with van der Waals surface area (Å²) in [5, 5.41) is 11.1. The largest absolute Gasteiger partial charge is 0.480 e. The fourth-order valence-electron chi connectivity index (χ4n) is 3.70. The van der Waals surface area contributed by atoms with Crippen molar-refractivity contribution in [3.05, 3.63) is 76.4 Å². The molecule has 0 unspecified atom stereocenters. The molecule has 3 aromatic rings. The van der Waals surface area contributed by atoms with E-state index in [1.807, 2.05) is 18.2 Å². The fourth-order valence-corrected chi connectivity index (χ4v) is 4.80. The molecule has 0 radical (unpaired) electrons. The maximum Gasteiger partial charge on any atom is 0.318 e. The number of thiophene rings is 1. The van der Waals surface area contributed by atoms with Crippen LogP contribution in [0, 0.1) is 12.7 Å². The number of halogens is 1. The number of carboxylic acids is 1. The van der Waals surface area contributed by atoms with E-state index in [0.29, 0.717) is 24.0 Å². The standard InChI is InChI=1S/C21H17FO2S/c1-13-16(6-4-7-17(13)22)21(20(23)24)10-9-15(12-21)19-11-14-5-2-3-8-18(14)25-19/h2-8,11-12H,9-10H2,1H3,(H,23,24)/t21-/m0/s1. The summed E-state index contributed by atoms with van der Waals surface area (Å²) in [7, 11) is 0. The number of hydrogen-bond acceptors (Lipinski definition) is 2. The Balaban J connectivity index is 1.85. The second-order valence-corrected chi connectivity index (χ2v) is 7.59. The van der Waals surface area contributed by atoms with Gasteiger partial charge < -0.3 is 5.11 Å². The Morgan fingerprint density at radius 1 is 1.20 bits per heavy atom. The van der Waals surface area contributed by atoms with E-state index in [2.05, 4.69) is 18.2 Å². The summed E-state index contributed by atoms with van der Waals surface area (Å²) in [6.07, 6.45) is 2.97. The van der Waals surface area contributed by atoms with Gasteiger partial charge in [0.05, 0.1) is 0 Å². The van der Waals surface area contributed by atoms with Crippen LogP contribution in [-0.4, -0.2) is 11.1 Å². The van der Waals surface area contributed by atoms with Gasteiger partial charge in [0, 0.05) is 9.58 Å². The van der Waals surface area contributed by atoms with E-state index in [-0.39, 0.29) is 5.82 Å². The van der Waals surface area contributed by atoms with E-state index >= 15 is 0 Å². The number of benzene rings is 2. The van der Waals surface area contributed by atoms with Crippen LogP contribution in [0.25, 0.3) is 15.7 Å². The lowest BCUT2D eigenvalue weighted by atomic mass is 9.78. The molecule has 4 rings (SSSR count). The monoisotopic (exact) mass is 352 g/mol. The van der Waals surface area contributed by atoms with Gasteiger partial charge in [-0.15, -0.1) is 11.3 Å². The van der Waals surface area contributed by atoms with Crippen LogP contribution in [0.2, 0.25) is 0 Å². The van der Waals surface area contributed by atoms with Crippen molar-refractivity contribution in [2.24, 2.45) is 0 Å². The predicted octanol–water partition coefficient (Wildman–Crippen LogP) is 5.55. The quantitative estimate of drug-likeness (QED) is 0.671. The highest BCUT2D eigenvalue weighted by Gasteiger charge is 2.43. The first-order valence-electron chi connectivity index (χ1n) is 8.21. The molecule has 1 aliphatic rings. The summed E-state index contributed by atoms with van der Waals surface area (Å²) in [5.74, 6) is -1.28. The maximum absolute atomic E-state index is 14.0. The Morgan fingerprint density at radius 3 is 2.76 bits per heavy atom. The molecule has 126 valence electrons. The van der Waals surface area contributed by atoms with Crippen LogP contribution in [0.4, 0.5) is 4.39 Å². The molecule has 1 aliphatic carbocycles. The van der Waals surface area contributed by atoms with Gasteiger partial charge in [-0.3, -0.25) is 4.79 Å². The molecule has 0 aliphatic heterocycles. The second-order valence-electron chi connectivity index (χ2n) is 6.51. The number of hydrogen-bond donors (Lipinski definition) is 1. The smallest absolute Gasteiger partial charge is 0.318 e. The van der Waals surface area contributed by atoms with E-state index in [1.165, 1.54) is 10.8 Å². The number of fused-ring (bicyclic) bond motifs is 1. The van der Waals surface area contributed by atoms with Crippen LogP contribution < -0.4 is 0 Å². The molecule has 4 heteroatoms. The molecular formula is C21H17FO2S. The summed E-state index contributed by atoms with van der Waals surface area (Å²) in [4.78, 5) is 13.3. The molecule has 2 nitrogen and oxygen atoms in total. The number of aliphatic carboxylic acids is 1. The van der Waals surface area contributed by atoms with Crippen LogP contribution in [-0.2, 0) is 10.2 Å². The average molecular weight is 352 g/mol. The van der Waals surface area contributed by atoms with Crippen molar-refractivity contribution in [3.8, 4) is 0 Å². The van der Waals surface area contributed by atoms with Crippen molar-refractivity contribution in [2.75, 3.05) is 0 Å². The lowest BCUT2D eigenvalue weighted by Gasteiger charge is -2.24. The molecule has 1 heterocycles. The molecule has 0 saturated heterocycles. The van der Waals surface area contributed by atoms with Crippen molar-refractivity contribution in [2.45, 2.75) is 25.2 Å². The van der Waals surface area contributed by atoms with Gasteiger partial charge in [-0.1, -0.05) is 36.4 Å². The van der Waals surface area contributed by atoms with Crippen molar-refractivity contribution in [3.63, 3.8) is 0 Å². The van der Waals surface area contributed by atoms with Crippen LogP contribution in [0.15, 0.2) is 54.6 Å². The zero-order chi connectivity index (χ0) is 17.6. The van der Waals surface area contributed by atoms with Gasteiger partial charge in [-0.05, 0) is 60.1 Å². The molecule has 1 aromatic heterocycles. The summed E-state index contributed by atoms with van der Waals surface area (Å²) >= 11 is 1.67. The van der Waals surface area contributed by atoms with Crippen LogP contribution in [0.5, 0.6) is 0 Å². The first kappa shape index (κ1) is 16.0. The van der Waals surface area contributed by atoms with Crippen LogP contribution in [0.3, 0.4) is 0 Å². The van der Waals surface area contributed by atoms with Gasteiger partial charge in [-0.25, -0.2) is 4.39 Å². The molecule has 25 heavy (non-hydrogen) atoms. The first-order chi connectivity index (χ1) is 12.0. The van der Waals surface area contributed by atoms with E-state index in [9.17, 15) is 14.3 Å². The van der Waals surface area contributed by atoms with E-state index < -0.39 is 11.4 Å². The third kappa shape index (κ3) is 2.48. The van der Waals surface area contributed by atoms with Gasteiger partial charge in [0.1, 0.15) is 11.2 Å². The highest BCUT2D eigenvalue weighted by molar-refractivity contribution is 7.20. The third-order valence-electron chi connectivity index (χ3n) is 5.08. The van der Waals surface area contributed by atoms with E-state index in [0.717, 1.165) is 15.8 Å². The van der Waals surface area contributed by atoms with Crippen molar-refractivity contribution < 1.29 is 14.3 Å². The Morgan fingerprint density at radius 2 is 2.00 bits per heavy atom. The normalized spacial score (nSPS) is 20.0. The third-order valence-corrected chi connectivity index (χ3v) is 6.27. The summed E-state index contributed by atoms with van der Waals surface area (Å²) in [6, 6.07) is 14.9. The molecule has 0 saturated carbocycles. The Labute approximate surface area is 149 Å². The molecule has 0 bridgehead atoms. The lowest BCUT2D eigenvalue weighted by molar-refractivity contribution is -0.141. The average Bonchev–Trinajstić information content (AvgIpc) is 3.22. The minimum absolute atomic E-state index is 0.359. The topological polar surface area (TPSA) is 37.3 Å². The highest BCUT2D eigenvalue weighted by atomic mass is 32.1. The van der Waals surface area contributed by atoms with Gasteiger partial charge in [0.2, 0.25) is 0 Å². The summed E-state index contributed by atoms with van der Waals surface area (Å²) in [6.45, 7) is 1.65. The minimum Gasteiger partial charge on any atom is -0.480 e. The molecule has 0 fully saturated rings. The van der Waals surface area contributed by atoms with Crippen LogP contribution in [0.1, 0.15) is 28.8 Å². The van der Waals surface area contributed by atoms with Gasteiger partial charge in [0.25, 0.3) is 0 Å². The number of carbonyl (C=O) groups is 1.